The first kappa shape index (κ1) is 38.6. The second-order valence-electron chi connectivity index (χ2n) is 13.2. The van der Waals surface area contributed by atoms with Crippen LogP contribution >= 0.6 is 0 Å². The molecule has 0 aromatic carbocycles. The van der Waals surface area contributed by atoms with E-state index in [0.717, 1.165) is 46.7 Å². The average Bonchev–Trinajstić information content (AvgIpc) is 3.12. The molecule has 4 rings (SSSR count). The van der Waals surface area contributed by atoms with Crippen molar-refractivity contribution in [2.24, 2.45) is 0 Å². The largest absolute Gasteiger partial charge is 0.444 e. The van der Waals surface area contributed by atoms with Gasteiger partial charge in [-0.05, 0) is 106 Å². The van der Waals surface area contributed by atoms with E-state index in [1.807, 2.05) is 81.4 Å². The Labute approximate surface area is 300 Å². The van der Waals surface area contributed by atoms with Gasteiger partial charge in [-0.1, -0.05) is 12.1 Å². The summed E-state index contributed by atoms with van der Waals surface area (Å²) in [6, 6.07) is 19.4. The number of hydrogen-bond donors (Lipinski definition) is 3. The highest BCUT2D eigenvalue weighted by molar-refractivity contribution is 5.76. The highest BCUT2D eigenvalue weighted by Crippen LogP contribution is 2.17. The number of carbonyl (C=O) groups is 3. The Morgan fingerprint density at radius 1 is 0.608 bits per heavy atom. The third kappa shape index (κ3) is 15.0. The lowest BCUT2D eigenvalue weighted by Gasteiger charge is -2.24. The number of rotatable bonds is 19. The van der Waals surface area contributed by atoms with Crippen molar-refractivity contribution in [3.63, 3.8) is 0 Å². The fourth-order valence-electron chi connectivity index (χ4n) is 5.32. The fraction of sp³-hybridized carbons (Fsp3) is 0.410. The zero-order chi connectivity index (χ0) is 36.3. The van der Waals surface area contributed by atoms with Gasteiger partial charge in [0.15, 0.2) is 0 Å². The number of nitrogens with zero attached hydrogens (tertiary/aromatic N) is 5. The topological polar surface area (TPSA) is 151 Å². The zero-order valence-electron chi connectivity index (χ0n) is 29.9. The molecule has 0 spiro atoms. The van der Waals surface area contributed by atoms with Gasteiger partial charge in [-0.3, -0.25) is 34.4 Å². The Bertz CT molecular complexity index is 1560. The summed E-state index contributed by atoms with van der Waals surface area (Å²) >= 11 is 0. The van der Waals surface area contributed by atoms with Gasteiger partial charge in [0.05, 0.1) is 22.8 Å². The van der Waals surface area contributed by atoms with Gasteiger partial charge in [-0.25, -0.2) is 4.79 Å². The minimum atomic E-state index is -0.587. The zero-order valence-corrected chi connectivity index (χ0v) is 29.9. The van der Waals surface area contributed by atoms with Crippen LogP contribution in [-0.4, -0.2) is 87.6 Å². The molecule has 0 saturated carbocycles. The number of amides is 3. The molecule has 51 heavy (non-hydrogen) atoms. The second kappa shape index (κ2) is 20.4. The second-order valence-corrected chi connectivity index (χ2v) is 13.2. The minimum absolute atomic E-state index is 0.0181. The van der Waals surface area contributed by atoms with Crippen molar-refractivity contribution >= 4 is 17.9 Å². The molecule has 0 atom stereocenters. The van der Waals surface area contributed by atoms with Gasteiger partial charge < -0.3 is 20.7 Å². The number of pyridine rings is 4. The van der Waals surface area contributed by atoms with Crippen molar-refractivity contribution in [2.45, 2.75) is 64.9 Å². The Morgan fingerprint density at radius 3 is 1.49 bits per heavy atom. The van der Waals surface area contributed by atoms with E-state index in [9.17, 15) is 14.4 Å². The first-order valence-corrected chi connectivity index (χ1v) is 17.6. The summed E-state index contributed by atoms with van der Waals surface area (Å²) in [5.41, 5.74) is 4.90. The maximum atomic E-state index is 12.6. The Kier molecular flexibility index (Phi) is 15.5. The average molecular weight is 695 g/mol. The predicted molar refractivity (Wildman–Crippen MR) is 198 cm³/mol. The van der Waals surface area contributed by atoms with Crippen molar-refractivity contribution in [3.05, 3.63) is 96.6 Å². The molecule has 270 valence electrons. The van der Waals surface area contributed by atoms with Gasteiger partial charge in [0.1, 0.15) is 5.60 Å². The van der Waals surface area contributed by atoms with E-state index in [1.54, 1.807) is 24.8 Å². The standard InChI is InChI=1S/C39H50N8O4/c1-39(2,3)51-38(50)46-24-27-47(25-22-44-36(48)14-8-10-30-16-20-42-34(28-30)32-12-4-6-18-40-32)26-23-45-37(49)15-9-11-31-17-21-43-35(29-31)33-13-5-7-19-41-33/h4-7,12-13,16-21,28-29H,8-11,14-15,22-27H2,1-3H3,(H,44,48)(H,45,49)(H,46,50). The number of alkyl carbamates (subject to hydrolysis) is 1. The first-order valence-electron chi connectivity index (χ1n) is 17.6. The molecule has 4 aromatic heterocycles. The van der Waals surface area contributed by atoms with Crippen LogP contribution in [0.25, 0.3) is 22.8 Å². The van der Waals surface area contributed by atoms with Crippen molar-refractivity contribution in [2.75, 3.05) is 39.3 Å². The van der Waals surface area contributed by atoms with Crippen LogP contribution in [0.2, 0.25) is 0 Å². The quantitative estimate of drug-likeness (QED) is 0.123. The van der Waals surface area contributed by atoms with Crippen molar-refractivity contribution in [3.8, 4) is 22.8 Å². The number of nitrogens with one attached hydrogen (secondary N) is 3. The number of carbonyl (C=O) groups excluding carboxylic acids is 3. The van der Waals surface area contributed by atoms with Gasteiger partial charge in [0.2, 0.25) is 11.8 Å². The Hall–Kier alpha value is -5.23. The molecular formula is C39H50N8O4. The third-order valence-electron chi connectivity index (χ3n) is 7.84. The molecule has 0 saturated heterocycles. The number of aryl methyl sites for hydroxylation is 2. The van der Waals surface area contributed by atoms with Crippen molar-refractivity contribution in [1.29, 1.82) is 0 Å². The molecule has 12 nitrogen and oxygen atoms in total. The predicted octanol–water partition coefficient (Wildman–Crippen LogP) is 5.01. The van der Waals surface area contributed by atoms with Gasteiger partial charge in [-0.2, -0.15) is 0 Å². The van der Waals surface area contributed by atoms with Crippen LogP contribution in [0.15, 0.2) is 85.5 Å². The van der Waals surface area contributed by atoms with Crippen LogP contribution in [0.3, 0.4) is 0 Å². The molecule has 0 bridgehead atoms. The fourth-order valence-corrected chi connectivity index (χ4v) is 5.32. The molecule has 0 aliphatic carbocycles. The highest BCUT2D eigenvalue weighted by atomic mass is 16.6. The first-order chi connectivity index (χ1) is 24.6. The summed E-state index contributed by atoms with van der Waals surface area (Å²) in [4.78, 5) is 57.1. The highest BCUT2D eigenvalue weighted by Gasteiger charge is 2.16. The molecule has 0 unspecified atom stereocenters. The van der Waals surface area contributed by atoms with E-state index in [4.69, 9.17) is 4.74 Å². The molecule has 0 radical (unpaired) electrons. The van der Waals surface area contributed by atoms with Crippen LogP contribution in [0, 0.1) is 0 Å². The SMILES string of the molecule is CC(C)(C)OC(=O)NCCN(CCNC(=O)CCCc1ccnc(-c2ccccn2)c1)CCNC(=O)CCCc1ccnc(-c2ccccn2)c1. The normalized spacial score (nSPS) is 11.2. The molecule has 4 aromatic rings. The van der Waals surface area contributed by atoms with Gasteiger partial charge >= 0.3 is 6.09 Å². The number of aromatic nitrogens is 4. The van der Waals surface area contributed by atoms with Crippen molar-refractivity contribution in [1.82, 2.24) is 40.8 Å². The summed E-state index contributed by atoms with van der Waals surface area (Å²) in [6.45, 7) is 8.38. The minimum Gasteiger partial charge on any atom is -0.444 e. The third-order valence-corrected chi connectivity index (χ3v) is 7.84. The van der Waals surface area contributed by atoms with Crippen LogP contribution in [0.1, 0.15) is 57.6 Å². The monoisotopic (exact) mass is 694 g/mol. The van der Waals surface area contributed by atoms with Gasteiger partial charge in [0, 0.05) is 76.9 Å². The molecule has 12 heteroatoms. The maximum Gasteiger partial charge on any atom is 0.407 e. The van der Waals surface area contributed by atoms with E-state index in [-0.39, 0.29) is 11.8 Å². The summed E-state index contributed by atoms with van der Waals surface area (Å²) in [5.74, 6) is -0.0361. The van der Waals surface area contributed by atoms with E-state index in [0.29, 0.717) is 65.0 Å². The number of ether oxygens (including phenoxy) is 1. The van der Waals surface area contributed by atoms with Crippen molar-refractivity contribution < 1.29 is 19.1 Å². The molecular weight excluding hydrogens is 644 g/mol. The number of hydrogen-bond acceptors (Lipinski definition) is 9. The smallest absolute Gasteiger partial charge is 0.407 e. The van der Waals surface area contributed by atoms with Crippen LogP contribution in [0.5, 0.6) is 0 Å². The molecule has 0 aliphatic rings. The van der Waals surface area contributed by atoms with E-state index >= 15 is 0 Å². The molecule has 4 heterocycles. The summed E-state index contributed by atoms with van der Waals surface area (Å²) < 4.78 is 5.35. The Morgan fingerprint density at radius 2 is 1.06 bits per heavy atom. The lowest BCUT2D eigenvalue weighted by atomic mass is 10.1. The maximum absolute atomic E-state index is 12.6. The molecule has 0 aliphatic heterocycles. The molecule has 0 fully saturated rings. The Balaban J connectivity index is 1.17. The summed E-state index contributed by atoms with van der Waals surface area (Å²) in [7, 11) is 0. The lowest BCUT2D eigenvalue weighted by Crippen LogP contribution is -2.43. The van der Waals surface area contributed by atoms with E-state index in [1.165, 1.54) is 0 Å². The van der Waals surface area contributed by atoms with Crippen LogP contribution in [-0.2, 0) is 27.2 Å². The van der Waals surface area contributed by atoms with E-state index in [2.05, 4.69) is 40.8 Å². The summed E-state index contributed by atoms with van der Waals surface area (Å²) in [6.07, 6.45) is 10.3. The summed E-state index contributed by atoms with van der Waals surface area (Å²) in [5, 5.41) is 8.82. The van der Waals surface area contributed by atoms with Crippen LogP contribution < -0.4 is 16.0 Å². The van der Waals surface area contributed by atoms with Crippen LogP contribution in [0.4, 0.5) is 4.79 Å². The lowest BCUT2D eigenvalue weighted by molar-refractivity contribution is -0.121. The van der Waals surface area contributed by atoms with Gasteiger partial charge in [-0.15, -0.1) is 0 Å². The molecule has 3 N–H and O–H groups in total. The van der Waals surface area contributed by atoms with Gasteiger partial charge in [0.25, 0.3) is 0 Å². The molecule has 3 amide bonds. The van der Waals surface area contributed by atoms with E-state index < -0.39 is 11.7 Å².